The molecule has 0 radical (unpaired) electrons. The summed E-state index contributed by atoms with van der Waals surface area (Å²) >= 11 is 0. The highest BCUT2D eigenvalue weighted by Gasteiger charge is 2.40. The molecule has 3 N–H and O–H groups in total. The van der Waals surface area contributed by atoms with Gasteiger partial charge in [-0.1, -0.05) is 0 Å². The quantitative estimate of drug-likeness (QED) is 0.516. The number of carboxylic acid groups (broad SMARTS) is 1. The van der Waals surface area contributed by atoms with Crippen LogP contribution in [0.2, 0.25) is 0 Å². The second-order valence-electron chi connectivity index (χ2n) is 2.99. The van der Waals surface area contributed by atoms with Gasteiger partial charge in [0.15, 0.2) is 0 Å². The van der Waals surface area contributed by atoms with E-state index in [1.165, 1.54) is 0 Å². The van der Waals surface area contributed by atoms with E-state index in [0.29, 0.717) is 19.4 Å². The first-order chi connectivity index (χ1) is 5.21. The first-order valence-corrected chi connectivity index (χ1v) is 3.76. The average molecular weight is 159 g/mol. The van der Waals surface area contributed by atoms with Crippen LogP contribution in [0.4, 0.5) is 0 Å². The molecule has 0 spiro atoms. The summed E-state index contributed by atoms with van der Waals surface area (Å²) in [4.78, 5) is 10.8. The minimum atomic E-state index is -0.795. The van der Waals surface area contributed by atoms with E-state index in [0.717, 1.165) is 6.54 Å². The van der Waals surface area contributed by atoms with Crippen LogP contribution >= 0.6 is 0 Å². The minimum Gasteiger partial charge on any atom is -0.481 e. The van der Waals surface area contributed by atoms with Gasteiger partial charge in [0.2, 0.25) is 0 Å². The van der Waals surface area contributed by atoms with Crippen molar-refractivity contribution in [3.05, 3.63) is 0 Å². The van der Waals surface area contributed by atoms with Crippen LogP contribution in [0.3, 0.4) is 0 Å². The number of carboxylic acids is 1. The number of rotatable bonds is 3. The van der Waals surface area contributed by atoms with Crippen LogP contribution in [-0.4, -0.2) is 35.9 Å². The van der Waals surface area contributed by atoms with Crippen molar-refractivity contribution in [2.45, 2.75) is 12.8 Å². The Hall–Kier alpha value is -0.610. The third kappa shape index (κ3) is 1.52. The number of aliphatic hydroxyl groups excluding tert-OH is 1. The fraction of sp³-hybridized carbons (Fsp3) is 0.857. The third-order valence-electron chi connectivity index (χ3n) is 2.29. The molecule has 1 aliphatic heterocycles. The molecule has 1 atom stereocenters. The molecule has 0 aromatic heterocycles. The van der Waals surface area contributed by atoms with Crippen LogP contribution in [0, 0.1) is 5.41 Å². The van der Waals surface area contributed by atoms with Gasteiger partial charge in [-0.05, 0) is 19.4 Å². The van der Waals surface area contributed by atoms with E-state index in [-0.39, 0.29) is 6.61 Å². The maximum atomic E-state index is 10.8. The van der Waals surface area contributed by atoms with Gasteiger partial charge in [0, 0.05) is 13.2 Å². The summed E-state index contributed by atoms with van der Waals surface area (Å²) in [5, 5.41) is 20.5. The molecule has 4 nitrogen and oxygen atoms in total. The first-order valence-electron chi connectivity index (χ1n) is 3.76. The molecule has 0 aromatic carbocycles. The zero-order valence-electron chi connectivity index (χ0n) is 6.34. The summed E-state index contributed by atoms with van der Waals surface area (Å²) in [6.07, 6.45) is 0.984. The van der Waals surface area contributed by atoms with Crippen molar-refractivity contribution < 1.29 is 15.0 Å². The number of aliphatic carboxylic acids is 1. The smallest absolute Gasteiger partial charge is 0.311 e. The molecule has 0 unspecified atom stereocenters. The van der Waals surface area contributed by atoms with Gasteiger partial charge in [-0.3, -0.25) is 4.79 Å². The standard InChI is InChI=1S/C7H13NO3/c9-4-2-7(6(10)11)1-3-8-5-7/h8-9H,1-5H2,(H,10,11)/t7-/m1/s1. The predicted octanol–water partition coefficient (Wildman–Crippen LogP) is -0.567. The Morgan fingerprint density at radius 2 is 2.36 bits per heavy atom. The van der Waals surface area contributed by atoms with Crippen LogP contribution < -0.4 is 5.32 Å². The van der Waals surface area contributed by atoms with Gasteiger partial charge in [-0.2, -0.15) is 0 Å². The molecule has 0 aliphatic carbocycles. The topological polar surface area (TPSA) is 69.6 Å². The summed E-state index contributed by atoms with van der Waals surface area (Å²) in [5.41, 5.74) is -0.700. The number of hydrogen-bond donors (Lipinski definition) is 3. The summed E-state index contributed by atoms with van der Waals surface area (Å²) in [6.45, 7) is 1.18. The van der Waals surface area contributed by atoms with Crippen molar-refractivity contribution in [3.63, 3.8) is 0 Å². The summed E-state index contributed by atoms with van der Waals surface area (Å²) in [6, 6.07) is 0. The summed E-state index contributed by atoms with van der Waals surface area (Å²) < 4.78 is 0. The van der Waals surface area contributed by atoms with Gasteiger partial charge in [-0.15, -0.1) is 0 Å². The largest absolute Gasteiger partial charge is 0.481 e. The highest BCUT2D eigenvalue weighted by Crippen LogP contribution is 2.29. The van der Waals surface area contributed by atoms with Crippen molar-refractivity contribution in [2.24, 2.45) is 5.41 Å². The molecule has 0 amide bonds. The van der Waals surface area contributed by atoms with Crippen LogP contribution in [0.5, 0.6) is 0 Å². The SMILES string of the molecule is O=C(O)[C@@]1(CCO)CCNC1. The number of carbonyl (C=O) groups is 1. The molecule has 0 saturated carbocycles. The lowest BCUT2D eigenvalue weighted by Gasteiger charge is -2.20. The zero-order valence-corrected chi connectivity index (χ0v) is 6.34. The molecule has 1 aliphatic rings. The van der Waals surface area contributed by atoms with Crippen molar-refractivity contribution in [2.75, 3.05) is 19.7 Å². The van der Waals surface area contributed by atoms with E-state index in [4.69, 9.17) is 10.2 Å². The van der Waals surface area contributed by atoms with E-state index in [1.54, 1.807) is 0 Å². The Morgan fingerprint density at radius 1 is 1.64 bits per heavy atom. The van der Waals surface area contributed by atoms with E-state index in [9.17, 15) is 4.79 Å². The Balaban J connectivity index is 2.62. The number of nitrogens with one attached hydrogen (secondary N) is 1. The van der Waals surface area contributed by atoms with Gasteiger partial charge >= 0.3 is 5.97 Å². The average Bonchev–Trinajstić information content (AvgIpc) is 2.38. The lowest BCUT2D eigenvalue weighted by Crippen LogP contribution is -2.34. The molecule has 11 heavy (non-hydrogen) atoms. The summed E-state index contributed by atoms with van der Waals surface area (Å²) in [7, 11) is 0. The van der Waals surface area contributed by atoms with Crippen LogP contribution in [0.1, 0.15) is 12.8 Å². The Labute approximate surface area is 65.2 Å². The highest BCUT2D eigenvalue weighted by atomic mass is 16.4. The second-order valence-corrected chi connectivity index (χ2v) is 2.99. The van der Waals surface area contributed by atoms with Gasteiger partial charge in [0.1, 0.15) is 0 Å². The molecule has 4 heteroatoms. The molecular weight excluding hydrogens is 146 g/mol. The molecule has 0 bridgehead atoms. The van der Waals surface area contributed by atoms with E-state index < -0.39 is 11.4 Å². The fourth-order valence-electron chi connectivity index (χ4n) is 1.46. The number of hydrogen-bond acceptors (Lipinski definition) is 3. The van der Waals surface area contributed by atoms with E-state index in [2.05, 4.69) is 5.32 Å². The molecule has 1 heterocycles. The molecule has 1 rings (SSSR count). The second kappa shape index (κ2) is 3.19. The summed E-state index contributed by atoms with van der Waals surface area (Å²) in [5.74, 6) is -0.795. The van der Waals surface area contributed by atoms with E-state index in [1.807, 2.05) is 0 Å². The van der Waals surface area contributed by atoms with Crippen molar-refractivity contribution in [1.82, 2.24) is 5.32 Å². The monoisotopic (exact) mass is 159 g/mol. The third-order valence-corrected chi connectivity index (χ3v) is 2.29. The Morgan fingerprint density at radius 3 is 2.73 bits per heavy atom. The minimum absolute atomic E-state index is 0.0476. The maximum Gasteiger partial charge on any atom is 0.311 e. The number of aliphatic hydroxyl groups is 1. The molecule has 0 aromatic rings. The predicted molar refractivity (Wildman–Crippen MR) is 39.3 cm³/mol. The fourth-order valence-corrected chi connectivity index (χ4v) is 1.46. The van der Waals surface area contributed by atoms with Crippen molar-refractivity contribution >= 4 is 5.97 Å². The Bertz CT molecular complexity index is 152. The van der Waals surface area contributed by atoms with Gasteiger partial charge in [-0.25, -0.2) is 0 Å². The van der Waals surface area contributed by atoms with Crippen molar-refractivity contribution in [1.29, 1.82) is 0 Å². The highest BCUT2D eigenvalue weighted by molar-refractivity contribution is 5.75. The van der Waals surface area contributed by atoms with Crippen LogP contribution in [0.15, 0.2) is 0 Å². The lowest BCUT2D eigenvalue weighted by molar-refractivity contribution is -0.148. The molecule has 1 fully saturated rings. The normalized spacial score (nSPS) is 30.6. The van der Waals surface area contributed by atoms with Gasteiger partial charge in [0.05, 0.1) is 5.41 Å². The first kappa shape index (κ1) is 8.49. The van der Waals surface area contributed by atoms with Crippen LogP contribution in [-0.2, 0) is 4.79 Å². The zero-order chi connectivity index (χ0) is 8.32. The molecule has 1 saturated heterocycles. The van der Waals surface area contributed by atoms with E-state index >= 15 is 0 Å². The van der Waals surface area contributed by atoms with Gasteiger partial charge in [0.25, 0.3) is 0 Å². The molecular formula is C7H13NO3. The van der Waals surface area contributed by atoms with Crippen LogP contribution in [0.25, 0.3) is 0 Å². The Kier molecular flexibility index (Phi) is 2.46. The van der Waals surface area contributed by atoms with Crippen molar-refractivity contribution in [3.8, 4) is 0 Å². The maximum absolute atomic E-state index is 10.8. The van der Waals surface area contributed by atoms with Gasteiger partial charge < -0.3 is 15.5 Å². The molecule has 64 valence electrons. The lowest BCUT2D eigenvalue weighted by atomic mass is 9.84.